The summed E-state index contributed by atoms with van der Waals surface area (Å²) in [6, 6.07) is 4.39. The Hall–Kier alpha value is -3.43. The second kappa shape index (κ2) is 11.1. The van der Waals surface area contributed by atoms with Gasteiger partial charge < -0.3 is 25.3 Å². The Morgan fingerprint density at radius 3 is 2.19 bits per heavy atom. The molecule has 0 bridgehead atoms. The van der Waals surface area contributed by atoms with E-state index >= 15 is 0 Å². The SMILES string of the molecule is CC(=O)N[C@@H](C)C(=O)N1CC(=O)[C@@H]2C1CCN2C(=O)[C@H](CC(C)C)NC(=O)c1ccc(N(C)C)cc1. The van der Waals surface area contributed by atoms with Gasteiger partial charge in [0.25, 0.3) is 5.91 Å². The van der Waals surface area contributed by atoms with Gasteiger partial charge in [-0.1, -0.05) is 13.8 Å². The standard InChI is InChI=1S/C26H37N5O5/c1-15(2)13-20(28-24(34)18-7-9-19(10-8-18)29(5)6)26(36)30-12-11-21-23(30)22(33)14-31(21)25(35)16(3)27-17(4)32/h7-10,15-16,20-21,23H,11-14H2,1-6H3,(H,27,32)(H,28,34)/t16-,20-,21?,23-/m0/s1. The summed E-state index contributed by atoms with van der Waals surface area (Å²) in [6.45, 7) is 7.07. The van der Waals surface area contributed by atoms with Crippen LogP contribution in [0.1, 0.15) is 50.9 Å². The Morgan fingerprint density at radius 2 is 1.64 bits per heavy atom. The number of fused-ring (bicyclic) bond motifs is 1. The van der Waals surface area contributed by atoms with E-state index < -0.39 is 24.2 Å². The predicted molar refractivity (Wildman–Crippen MR) is 135 cm³/mol. The molecule has 0 aliphatic carbocycles. The highest BCUT2D eigenvalue weighted by molar-refractivity contribution is 6.01. The highest BCUT2D eigenvalue weighted by atomic mass is 16.2. The summed E-state index contributed by atoms with van der Waals surface area (Å²) in [4.78, 5) is 68.7. The highest BCUT2D eigenvalue weighted by Crippen LogP contribution is 2.31. The van der Waals surface area contributed by atoms with Crippen molar-refractivity contribution in [3.8, 4) is 0 Å². The van der Waals surface area contributed by atoms with Crippen LogP contribution in [0.4, 0.5) is 5.69 Å². The lowest BCUT2D eigenvalue weighted by Crippen LogP contribution is -2.53. The molecule has 3 rings (SSSR count). The second-order valence-corrected chi connectivity index (χ2v) is 10.3. The van der Waals surface area contributed by atoms with Gasteiger partial charge in [-0.25, -0.2) is 0 Å². The van der Waals surface area contributed by atoms with Gasteiger partial charge in [-0.05, 0) is 49.9 Å². The Kier molecular flexibility index (Phi) is 8.37. The molecule has 2 fully saturated rings. The molecule has 2 saturated heterocycles. The normalized spacial score (nSPS) is 20.7. The van der Waals surface area contributed by atoms with E-state index in [4.69, 9.17) is 0 Å². The molecule has 196 valence electrons. The van der Waals surface area contributed by atoms with E-state index in [0.717, 1.165) is 5.69 Å². The number of Topliss-reactive ketones (excluding diaryl/α,β-unsaturated/α-hetero) is 1. The number of amides is 4. The summed E-state index contributed by atoms with van der Waals surface area (Å²) in [5.74, 6) is -1.41. The van der Waals surface area contributed by atoms with Crippen LogP contribution in [-0.2, 0) is 19.2 Å². The number of nitrogens with zero attached hydrogens (tertiary/aromatic N) is 3. The first-order valence-corrected chi connectivity index (χ1v) is 12.4. The molecule has 2 heterocycles. The van der Waals surface area contributed by atoms with Crippen LogP contribution in [0.2, 0.25) is 0 Å². The number of benzene rings is 1. The first-order chi connectivity index (χ1) is 16.9. The van der Waals surface area contributed by atoms with Crippen LogP contribution in [0.5, 0.6) is 0 Å². The number of carbonyl (C=O) groups excluding carboxylic acids is 5. The molecule has 2 aliphatic heterocycles. The molecule has 2 aliphatic rings. The molecule has 0 saturated carbocycles. The van der Waals surface area contributed by atoms with Gasteiger partial charge in [-0.15, -0.1) is 0 Å². The monoisotopic (exact) mass is 499 g/mol. The van der Waals surface area contributed by atoms with E-state index in [9.17, 15) is 24.0 Å². The van der Waals surface area contributed by atoms with Crippen LogP contribution in [0.25, 0.3) is 0 Å². The average molecular weight is 500 g/mol. The van der Waals surface area contributed by atoms with Crippen molar-refractivity contribution in [2.45, 2.75) is 64.7 Å². The van der Waals surface area contributed by atoms with Gasteiger partial charge in [0, 0.05) is 38.8 Å². The number of nitrogens with one attached hydrogen (secondary N) is 2. The van der Waals surface area contributed by atoms with Crippen molar-refractivity contribution >= 4 is 35.1 Å². The molecular formula is C26H37N5O5. The number of likely N-dealkylation sites (tertiary alicyclic amines) is 2. The fraction of sp³-hybridized carbons (Fsp3) is 0.577. The van der Waals surface area contributed by atoms with Crippen LogP contribution < -0.4 is 15.5 Å². The van der Waals surface area contributed by atoms with Gasteiger partial charge in [0.05, 0.1) is 12.6 Å². The molecule has 10 heteroatoms. The number of anilines is 1. The molecule has 2 N–H and O–H groups in total. The van der Waals surface area contributed by atoms with Crippen molar-refractivity contribution in [2.24, 2.45) is 5.92 Å². The lowest BCUT2D eigenvalue weighted by molar-refractivity contribution is -0.138. The van der Waals surface area contributed by atoms with E-state index in [-0.39, 0.29) is 41.9 Å². The Labute approximate surface area is 212 Å². The third-order valence-electron chi connectivity index (χ3n) is 6.74. The fourth-order valence-corrected chi connectivity index (χ4v) is 5.02. The molecular weight excluding hydrogens is 462 g/mol. The topological polar surface area (TPSA) is 119 Å². The lowest BCUT2D eigenvalue weighted by atomic mass is 10.0. The summed E-state index contributed by atoms with van der Waals surface area (Å²) in [5, 5.41) is 5.44. The van der Waals surface area contributed by atoms with Crippen LogP contribution in [0.15, 0.2) is 24.3 Å². The maximum absolute atomic E-state index is 13.6. The second-order valence-electron chi connectivity index (χ2n) is 10.3. The predicted octanol–water partition coefficient (Wildman–Crippen LogP) is 0.803. The minimum absolute atomic E-state index is 0.0959. The van der Waals surface area contributed by atoms with Gasteiger partial charge in [0.2, 0.25) is 17.7 Å². The van der Waals surface area contributed by atoms with Crippen molar-refractivity contribution in [1.82, 2.24) is 20.4 Å². The third kappa shape index (κ3) is 5.85. The molecule has 1 unspecified atom stereocenters. The van der Waals surface area contributed by atoms with E-state index in [0.29, 0.717) is 24.9 Å². The Morgan fingerprint density at radius 1 is 1.00 bits per heavy atom. The smallest absolute Gasteiger partial charge is 0.251 e. The Bertz CT molecular complexity index is 1020. The van der Waals surface area contributed by atoms with Crippen molar-refractivity contribution < 1.29 is 24.0 Å². The lowest BCUT2D eigenvalue weighted by Gasteiger charge is -2.29. The van der Waals surface area contributed by atoms with Crippen molar-refractivity contribution in [1.29, 1.82) is 0 Å². The molecule has 0 aromatic heterocycles. The first-order valence-electron chi connectivity index (χ1n) is 12.4. The molecule has 1 aromatic rings. The van der Waals surface area contributed by atoms with Crippen LogP contribution >= 0.6 is 0 Å². The number of hydrogen-bond acceptors (Lipinski definition) is 6. The largest absolute Gasteiger partial charge is 0.378 e. The Balaban J connectivity index is 1.75. The summed E-state index contributed by atoms with van der Waals surface area (Å²) in [7, 11) is 3.82. The van der Waals surface area contributed by atoms with Crippen molar-refractivity contribution in [3.63, 3.8) is 0 Å². The maximum atomic E-state index is 13.6. The van der Waals surface area contributed by atoms with Gasteiger partial charge in [0.1, 0.15) is 18.1 Å². The summed E-state index contributed by atoms with van der Waals surface area (Å²) < 4.78 is 0. The average Bonchev–Trinajstić information content (AvgIpc) is 3.38. The highest BCUT2D eigenvalue weighted by Gasteiger charge is 2.52. The minimum atomic E-state index is -0.791. The van der Waals surface area contributed by atoms with E-state index in [1.165, 1.54) is 16.7 Å². The van der Waals surface area contributed by atoms with Crippen LogP contribution in [-0.4, -0.2) is 90.6 Å². The molecule has 4 amide bonds. The third-order valence-corrected chi connectivity index (χ3v) is 6.74. The van der Waals surface area contributed by atoms with E-state index in [1.54, 1.807) is 19.1 Å². The number of carbonyl (C=O) groups is 5. The summed E-state index contributed by atoms with van der Waals surface area (Å²) in [5.41, 5.74) is 1.40. The van der Waals surface area contributed by atoms with Crippen molar-refractivity contribution in [2.75, 3.05) is 32.1 Å². The quantitative estimate of drug-likeness (QED) is 0.546. The summed E-state index contributed by atoms with van der Waals surface area (Å²) >= 11 is 0. The van der Waals surface area contributed by atoms with Gasteiger partial charge in [-0.3, -0.25) is 24.0 Å². The summed E-state index contributed by atoms with van der Waals surface area (Å²) in [6.07, 6.45) is 0.889. The van der Waals surface area contributed by atoms with Gasteiger partial charge in [0.15, 0.2) is 5.78 Å². The fourth-order valence-electron chi connectivity index (χ4n) is 5.02. The molecule has 0 radical (unpaired) electrons. The molecule has 0 spiro atoms. The number of hydrogen-bond donors (Lipinski definition) is 2. The van der Waals surface area contributed by atoms with Crippen molar-refractivity contribution in [3.05, 3.63) is 29.8 Å². The molecule has 1 aromatic carbocycles. The zero-order valence-corrected chi connectivity index (χ0v) is 21.9. The maximum Gasteiger partial charge on any atom is 0.251 e. The number of rotatable bonds is 8. The number of ketones is 1. The molecule has 36 heavy (non-hydrogen) atoms. The van der Waals surface area contributed by atoms with Crippen LogP contribution in [0.3, 0.4) is 0 Å². The molecule has 10 nitrogen and oxygen atoms in total. The minimum Gasteiger partial charge on any atom is -0.378 e. The van der Waals surface area contributed by atoms with Gasteiger partial charge in [-0.2, -0.15) is 0 Å². The first kappa shape index (κ1) is 27.2. The van der Waals surface area contributed by atoms with E-state index in [1.807, 2.05) is 45.0 Å². The van der Waals surface area contributed by atoms with Crippen LogP contribution in [0, 0.1) is 5.92 Å². The molecule has 4 atom stereocenters. The van der Waals surface area contributed by atoms with Gasteiger partial charge >= 0.3 is 0 Å². The zero-order valence-electron chi connectivity index (χ0n) is 21.9. The zero-order chi connectivity index (χ0) is 26.7. The van der Waals surface area contributed by atoms with E-state index in [2.05, 4.69) is 10.6 Å².